The molecule has 0 aromatic carbocycles. The van der Waals surface area contributed by atoms with Gasteiger partial charge < -0.3 is 24.1 Å². The molecule has 0 aromatic rings. The van der Waals surface area contributed by atoms with Crippen LogP contribution in [0.5, 0.6) is 0 Å². The minimum atomic E-state index is -2.09. The minimum absolute atomic E-state index is 0.0184. The van der Waals surface area contributed by atoms with Gasteiger partial charge in [0.25, 0.3) is 0 Å². The first-order chi connectivity index (χ1) is 16.6. The zero-order valence-electron chi connectivity index (χ0n) is 22.8. The molecule has 11 heteroatoms. The van der Waals surface area contributed by atoms with Crippen molar-refractivity contribution < 1.29 is 28.3 Å². The normalized spacial score (nSPS) is 27.1. The van der Waals surface area contributed by atoms with Gasteiger partial charge in [-0.1, -0.05) is 53.8 Å². The van der Waals surface area contributed by atoms with Crippen molar-refractivity contribution in [2.24, 2.45) is 17.8 Å². The Balaban J connectivity index is 1.82. The number of thioether (sulfide) groups is 1. The molecule has 0 aliphatic carbocycles. The summed E-state index contributed by atoms with van der Waals surface area (Å²) in [5.74, 6) is -1.95. The van der Waals surface area contributed by atoms with Gasteiger partial charge >= 0.3 is 11.9 Å². The molecule has 36 heavy (non-hydrogen) atoms. The number of ether oxygens (including phenoxy) is 2. The third-order valence-electron chi connectivity index (χ3n) is 7.67. The molecule has 0 aromatic heterocycles. The van der Waals surface area contributed by atoms with E-state index in [1.807, 2.05) is 6.92 Å². The van der Waals surface area contributed by atoms with Crippen LogP contribution in [0.3, 0.4) is 0 Å². The topological polar surface area (TPSA) is 94.2 Å². The molecule has 2 saturated heterocycles. The lowest BCUT2D eigenvalue weighted by Gasteiger charge is -2.50. The second kappa shape index (κ2) is 10.7. The first-order valence-corrected chi connectivity index (χ1v) is 16.8. The number of fused-ring (bicyclic) bond motifs is 1. The Kier molecular flexibility index (Phi) is 8.69. The Labute approximate surface area is 225 Å². The summed E-state index contributed by atoms with van der Waals surface area (Å²) in [6.45, 7) is 18.6. The van der Waals surface area contributed by atoms with Crippen molar-refractivity contribution in [3.8, 4) is 0 Å². The monoisotopic (exact) mass is 556 g/mol. The molecule has 1 N–H and O–H groups in total. The van der Waals surface area contributed by atoms with Crippen molar-refractivity contribution in [2.75, 3.05) is 13.3 Å². The molecular weight excluding hydrogens is 517 g/mol. The minimum Gasteiger partial charge on any atom is -0.428 e. The molecule has 3 heterocycles. The predicted octanol–water partition coefficient (Wildman–Crippen LogP) is 4.21. The van der Waals surface area contributed by atoms with E-state index in [4.69, 9.17) is 26.1 Å². The van der Waals surface area contributed by atoms with E-state index in [2.05, 4.69) is 46.1 Å². The average Bonchev–Trinajstić information content (AvgIpc) is 3.26. The highest BCUT2D eigenvalue weighted by atomic mass is 32.2. The van der Waals surface area contributed by atoms with Crippen LogP contribution in [-0.4, -0.2) is 66.8 Å². The lowest BCUT2D eigenvalue weighted by atomic mass is 9.79. The van der Waals surface area contributed by atoms with Gasteiger partial charge in [-0.25, -0.2) is 4.79 Å². The maximum Gasteiger partial charge on any atom is 0.358 e. The summed E-state index contributed by atoms with van der Waals surface area (Å²) in [5, 5.41) is 3.38. The van der Waals surface area contributed by atoms with Crippen LogP contribution in [0.2, 0.25) is 18.1 Å². The number of amides is 1. The maximum atomic E-state index is 13.5. The highest BCUT2D eigenvalue weighted by molar-refractivity contribution is 8.03. The van der Waals surface area contributed by atoms with E-state index in [-0.39, 0.29) is 51.8 Å². The summed E-state index contributed by atoms with van der Waals surface area (Å²) in [7, 11) is -2.09. The molecule has 0 unspecified atom stereocenters. The molecule has 0 radical (unpaired) electrons. The van der Waals surface area contributed by atoms with Gasteiger partial charge in [0.05, 0.1) is 29.0 Å². The fourth-order valence-electron chi connectivity index (χ4n) is 4.59. The molecule has 0 spiro atoms. The number of thiocarbonyl (C=S) groups is 1. The van der Waals surface area contributed by atoms with Gasteiger partial charge in [0.15, 0.2) is 8.32 Å². The number of carbonyl (C=O) groups excluding carboxylic acids is 3. The second-order valence-corrected chi connectivity index (χ2v) is 18.3. The van der Waals surface area contributed by atoms with E-state index in [0.29, 0.717) is 6.54 Å². The highest BCUT2D eigenvalue weighted by Gasteiger charge is 2.61. The third-order valence-corrected chi connectivity index (χ3v) is 14.0. The van der Waals surface area contributed by atoms with Crippen LogP contribution >= 0.6 is 24.0 Å². The van der Waals surface area contributed by atoms with Crippen molar-refractivity contribution in [1.29, 1.82) is 0 Å². The van der Waals surface area contributed by atoms with Crippen LogP contribution in [0.15, 0.2) is 10.6 Å². The van der Waals surface area contributed by atoms with E-state index >= 15 is 0 Å². The number of esters is 2. The zero-order valence-corrected chi connectivity index (χ0v) is 25.4. The standard InChI is InChI=1S/C25H40N2O6S2Si/c1-13(2)23(29)31-12-32-24(30)20-21(35-16-10-17(34)26-11-16)14(3)19-18(22(28)27(19)20)15(4)33-36(8,9)25(5,6)7/h13-16,18-19H,10-12H2,1-9H3,(H,26,34)/t14-,15-,16-,18-,19-/m1/s1. The first-order valence-electron chi connectivity index (χ1n) is 12.6. The molecule has 202 valence electrons. The van der Waals surface area contributed by atoms with Gasteiger partial charge in [-0.2, -0.15) is 0 Å². The predicted molar refractivity (Wildman–Crippen MR) is 147 cm³/mol. The number of hydrogen-bond acceptors (Lipinski definition) is 8. The second-order valence-electron chi connectivity index (χ2n) is 11.7. The van der Waals surface area contributed by atoms with Gasteiger partial charge in [0.2, 0.25) is 12.7 Å². The van der Waals surface area contributed by atoms with Crippen molar-refractivity contribution >= 4 is 55.1 Å². The SMILES string of the molecule is CC(C)C(=O)OCOC(=O)C1=C(S[C@H]2CNC(=S)C2)[C@H](C)[C@@H]2[C@@H]([C@@H](C)O[Si](C)(C)C(C)(C)C)C(=O)N12. The van der Waals surface area contributed by atoms with E-state index in [9.17, 15) is 14.4 Å². The van der Waals surface area contributed by atoms with E-state index in [1.54, 1.807) is 30.5 Å². The zero-order chi connectivity index (χ0) is 27.2. The number of β-lactam (4-membered cyclic amide) rings is 1. The molecular formula is C25H40N2O6S2Si. The molecule has 2 fully saturated rings. The van der Waals surface area contributed by atoms with E-state index < -0.39 is 27.0 Å². The summed E-state index contributed by atoms with van der Waals surface area (Å²) in [5.41, 5.74) is 0.261. The van der Waals surface area contributed by atoms with Crippen LogP contribution in [0.4, 0.5) is 0 Å². The molecule has 1 amide bonds. The largest absolute Gasteiger partial charge is 0.428 e. The fraction of sp³-hybridized carbons (Fsp3) is 0.760. The van der Waals surface area contributed by atoms with Crippen LogP contribution in [0.25, 0.3) is 0 Å². The Hall–Kier alpha value is -1.43. The highest BCUT2D eigenvalue weighted by Crippen LogP contribution is 2.53. The van der Waals surface area contributed by atoms with Gasteiger partial charge in [-0.3, -0.25) is 9.59 Å². The maximum absolute atomic E-state index is 13.5. The smallest absolute Gasteiger partial charge is 0.358 e. The van der Waals surface area contributed by atoms with Gasteiger partial charge in [0, 0.05) is 29.0 Å². The number of rotatable bonds is 9. The molecule has 0 bridgehead atoms. The molecule has 3 aliphatic rings. The summed E-state index contributed by atoms with van der Waals surface area (Å²) in [6.07, 6.45) is 0.453. The number of nitrogens with one attached hydrogen (secondary N) is 1. The Morgan fingerprint density at radius 2 is 1.86 bits per heavy atom. The lowest BCUT2D eigenvalue weighted by molar-refractivity contribution is -0.173. The van der Waals surface area contributed by atoms with Crippen molar-refractivity contribution in [2.45, 2.75) is 90.4 Å². The van der Waals surface area contributed by atoms with Crippen LogP contribution in [-0.2, 0) is 28.3 Å². The van der Waals surface area contributed by atoms with Gasteiger partial charge in [-0.05, 0) is 25.1 Å². The van der Waals surface area contributed by atoms with E-state index in [0.717, 1.165) is 16.3 Å². The third kappa shape index (κ3) is 5.68. The Morgan fingerprint density at radius 3 is 2.39 bits per heavy atom. The van der Waals surface area contributed by atoms with Crippen molar-refractivity contribution in [3.05, 3.63) is 10.6 Å². The van der Waals surface area contributed by atoms with Crippen LogP contribution < -0.4 is 5.32 Å². The molecule has 8 nitrogen and oxygen atoms in total. The van der Waals surface area contributed by atoms with Crippen LogP contribution in [0, 0.1) is 17.8 Å². The number of nitrogens with zero attached hydrogens (tertiary/aromatic N) is 1. The Morgan fingerprint density at radius 1 is 1.22 bits per heavy atom. The molecule has 0 saturated carbocycles. The molecule has 5 atom stereocenters. The quantitative estimate of drug-likeness (QED) is 0.147. The fourth-order valence-corrected chi connectivity index (χ4v) is 7.83. The van der Waals surface area contributed by atoms with Crippen LogP contribution in [0.1, 0.15) is 54.9 Å². The van der Waals surface area contributed by atoms with Gasteiger partial charge in [0.1, 0.15) is 5.70 Å². The van der Waals surface area contributed by atoms with Crippen molar-refractivity contribution in [3.63, 3.8) is 0 Å². The first kappa shape index (κ1) is 29.1. The molecule has 3 aliphatic heterocycles. The number of hydrogen-bond donors (Lipinski definition) is 1. The number of carbonyl (C=O) groups is 3. The summed E-state index contributed by atoms with van der Waals surface area (Å²) < 4.78 is 16.9. The average molecular weight is 557 g/mol. The molecule has 3 rings (SSSR count). The summed E-state index contributed by atoms with van der Waals surface area (Å²) in [6, 6.07) is -0.179. The van der Waals surface area contributed by atoms with E-state index in [1.165, 1.54) is 0 Å². The van der Waals surface area contributed by atoms with Gasteiger partial charge in [-0.15, -0.1) is 11.8 Å². The summed E-state index contributed by atoms with van der Waals surface area (Å²) >= 11 is 6.89. The summed E-state index contributed by atoms with van der Waals surface area (Å²) in [4.78, 5) is 41.7. The lowest BCUT2D eigenvalue weighted by Crippen LogP contribution is -2.65. The van der Waals surface area contributed by atoms with Crippen molar-refractivity contribution in [1.82, 2.24) is 10.2 Å². The Bertz CT molecular complexity index is 961.